The lowest BCUT2D eigenvalue weighted by Crippen LogP contribution is -2.29. The van der Waals surface area contributed by atoms with Gasteiger partial charge in [-0.25, -0.2) is 0 Å². The molecular weight excluding hydrogens is 258 g/mol. The minimum atomic E-state index is -0.724. The van der Waals surface area contributed by atoms with Crippen LogP contribution in [0.2, 0.25) is 0 Å². The van der Waals surface area contributed by atoms with Crippen molar-refractivity contribution in [2.24, 2.45) is 5.92 Å². The Bertz CT molecular complexity index is 533. The van der Waals surface area contributed by atoms with Gasteiger partial charge in [0, 0.05) is 13.6 Å². The van der Waals surface area contributed by atoms with Crippen molar-refractivity contribution < 1.29 is 9.90 Å². The normalized spacial score (nSPS) is 16.1. The SMILES string of the molecule is CNC(=O)c1nn(CCC2CCCCC2)cc(O)c1=O. The van der Waals surface area contributed by atoms with Gasteiger partial charge in [0.15, 0.2) is 11.4 Å². The van der Waals surface area contributed by atoms with Gasteiger partial charge in [0.05, 0.1) is 6.20 Å². The summed E-state index contributed by atoms with van der Waals surface area (Å²) in [6.07, 6.45) is 8.59. The fraction of sp³-hybridized carbons (Fsp3) is 0.643. The fourth-order valence-electron chi connectivity index (χ4n) is 2.70. The van der Waals surface area contributed by atoms with Gasteiger partial charge in [0.1, 0.15) is 0 Å². The second kappa shape index (κ2) is 6.54. The van der Waals surface area contributed by atoms with Crippen LogP contribution in [0.4, 0.5) is 0 Å². The summed E-state index contributed by atoms with van der Waals surface area (Å²) in [6, 6.07) is 0. The molecule has 0 spiro atoms. The second-order valence-electron chi connectivity index (χ2n) is 5.33. The summed E-state index contributed by atoms with van der Waals surface area (Å²) >= 11 is 0. The van der Waals surface area contributed by atoms with Gasteiger partial charge in [-0.15, -0.1) is 0 Å². The number of amides is 1. The van der Waals surface area contributed by atoms with Crippen LogP contribution < -0.4 is 10.7 Å². The highest BCUT2D eigenvalue weighted by atomic mass is 16.3. The molecule has 1 aromatic heterocycles. The molecule has 1 aliphatic rings. The summed E-state index contributed by atoms with van der Waals surface area (Å²) in [6.45, 7) is 0.614. The Kier molecular flexibility index (Phi) is 4.76. The number of aromatic nitrogens is 2. The van der Waals surface area contributed by atoms with Crippen LogP contribution in [-0.4, -0.2) is 27.8 Å². The molecule has 2 N–H and O–H groups in total. The molecule has 1 fully saturated rings. The van der Waals surface area contributed by atoms with Crippen LogP contribution in [0.3, 0.4) is 0 Å². The predicted molar refractivity (Wildman–Crippen MR) is 74.7 cm³/mol. The van der Waals surface area contributed by atoms with Gasteiger partial charge in [-0.05, 0) is 12.3 Å². The molecule has 110 valence electrons. The van der Waals surface area contributed by atoms with E-state index in [1.54, 1.807) is 0 Å². The molecule has 0 radical (unpaired) electrons. The zero-order chi connectivity index (χ0) is 14.5. The van der Waals surface area contributed by atoms with E-state index in [1.165, 1.54) is 50.0 Å². The largest absolute Gasteiger partial charge is 0.503 e. The number of carbonyl (C=O) groups excluding carboxylic acids is 1. The molecule has 1 aliphatic carbocycles. The second-order valence-corrected chi connectivity index (χ2v) is 5.33. The Hall–Kier alpha value is -1.85. The lowest BCUT2D eigenvalue weighted by Gasteiger charge is -2.21. The highest BCUT2D eigenvalue weighted by Gasteiger charge is 2.17. The molecule has 0 unspecified atom stereocenters. The number of hydrogen-bond donors (Lipinski definition) is 2. The number of rotatable bonds is 4. The van der Waals surface area contributed by atoms with Gasteiger partial charge in [-0.1, -0.05) is 32.1 Å². The van der Waals surface area contributed by atoms with Crippen molar-refractivity contribution in [1.29, 1.82) is 0 Å². The van der Waals surface area contributed by atoms with Crippen molar-refractivity contribution >= 4 is 5.91 Å². The Morgan fingerprint density at radius 1 is 1.45 bits per heavy atom. The van der Waals surface area contributed by atoms with Crippen molar-refractivity contribution in [2.45, 2.75) is 45.1 Å². The third kappa shape index (κ3) is 3.37. The smallest absolute Gasteiger partial charge is 0.275 e. The van der Waals surface area contributed by atoms with Crippen LogP contribution in [0.5, 0.6) is 5.75 Å². The Labute approximate surface area is 117 Å². The Morgan fingerprint density at radius 3 is 2.80 bits per heavy atom. The molecular formula is C14H21N3O3. The maximum absolute atomic E-state index is 11.6. The van der Waals surface area contributed by atoms with Crippen molar-refractivity contribution in [3.8, 4) is 5.75 Å². The first-order valence-corrected chi connectivity index (χ1v) is 7.14. The monoisotopic (exact) mass is 279 g/mol. The summed E-state index contributed by atoms with van der Waals surface area (Å²) in [7, 11) is 1.43. The van der Waals surface area contributed by atoms with E-state index in [1.807, 2.05) is 0 Å². The highest BCUT2D eigenvalue weighted by Crippen LogP contribution is 2.26. The molecule has 1 aromatic rings. The predicted octanol–water partition coefficient (Wildman–Crippen LogP) is 1.28. The first-order valence-electron chi connectivity index (χ1n) is 7.14. The quantitative estimate of drug-likeness (QED) is 0.869. The zero-order valence-corrected chi connectivity index (χ0v) is 11.8. The molecule has 1 amide bonds. The van der Waals surface area contributed by atoms with Gasteiger partial charge in [0.2, 0.25) is 0 Å². The van der Waals surface area contributed by atoms with E-state index in [0.717, 1.165) is 6.42 Å². The van der Waals surface area contributed by atoms with Crippen LogP contribution in [0.1, 0.15) is 49.0 Å². The maximum Gasteiger partial charge on any atom is 0.275 e. The first-order chi connectivity index (χ1) is 9.61. The van der Waals surface area contributed by atoms with Crippen LogP contribution >= 0.6 is 0 Å². The molecule has 0 saturated heterocycles. The Morgan fingerprint density at radius 2 is 2.15 bits per heavy atom. The van der Waals surface area contributed by atoms with Crippen molar-refractivity contribution in [3.63, 3.8) is 0 Å². The lowest BCUT2D eigenvalue weighted by atomic mass is 9.87. The van der Waals surface area contributed by atoms with E-state index in [4.69, 9.17) is 0 Å². The minimum Gasteiger partial charge on any atom is -0.503 e. The number of nitrogens with zero attached hydrogens (tertiary/aromatic N) is 2. The summed E-state index contributed by atoms with van der Waals surface area (Å²) in [5.74, 6) is -0.324. The molecule has 6 nitrogen and oxygen atoms in total. The molecule has 0 aromatic carbocycles. The average molecular weight is 279 g/mol. The van der Waals surface area contributed by atoms with Crippen molar-refractivity contribution in [1.82, 2.24) is 15.1 Å². The molecule has 2 rings (SSSR count). The number of aryl methyl sites for hydroxylation is 1. The van der Waals surface area contributed by atoms with E-state index in [9.17, 15) is 14.7 Å². The zero-order valence-electron chi connectivity index (χ0n) is 11.8. The first kappa shape index (κ1) is 14.6. The van der Waals surface area contributed by atoms with Crippen LogP contribution in [-0.2, 0) is 6.54 Å². The van der Waals surface area contributed by atoms with Gasteiger partial charge >= 0.3 is 0 Å². The van der Waals surface area contributed by atoms with Gasteiger partial charge in [0.25, 0.3) is 11.3 Å². The summed E-state index contributed by atoms with van der Waals surface area (Å²) < 4.78 is 1.50. The van der Waals surface area contributed by atoms with Gasteiger partial charge in [-0.2, -0.15) is 5.10 Å². The number of aromatic hydroxyl groups is 1. The molecule has 0 bridgehead atoms. The minimum absolute atomic E-state index is 0.254. The summed E-state index contributed by atoms with van der Waals surface area (Å²) in [5.41, 5.74) is -0.977. The van der Waals surface area contributed by atoms with Crippen LogP contribution in [0, 0.1) is 5.92 Å². The molecule has 20 heavy (non-hydrogen) atoms. The highest BCUT2D eigenvalue weighted by molar-refractivity contribution is 5.92. The number of hydrogen-bond acceptors (Lipinski definition) is 4. The third-order valence-corrected chi connectivity index (χ3v) is 3.88. The van der Waals surface area contributed by atoms with E-state index >= 15 is 0 Å². The standard InChI is InChI=1S/C14H21N3O3/c1-15-14(20)12-13(19)11(18)9-17(16-12)8-7-10-5-3-2-4-6-10/h9-10,18H,2-8H2,1H3,(H,15,20). The van der Waals surface area contributed by atoms with Crippen LogP contribution in [0.25, 0.3) is 0 Å². The third-order valence-electron chi connectivity index (χ3n) is 3.88. The van der Waals surface area contributed by atoms with Gasteiger partial charge < -0.3 is 10.4 Å². The molecule has 0 atom stereocenters. The van der Waals surface area contributed by atoms with Gasteiger partial charge in [-0.3, -0.25) is 14.3 Å². The van der Waals surface area contributed by atoms with E-state index in [2.05, 4.69) is 10.4 Å². The van der Waals surface area contributed by atoms with E-state index in [0.29, 0.717) is 12.5 Å². The number of nitrogens with one attached hydrogen (secondary N) is 1. The topological polar surface area (TPSA) is 84.2 Å². The van der Waals surface area contributed by atoms with E-state index in [-0.39, 0.29) is 5.69 Å². The molecule has 1 heterocycles. The van der Waals surface area contributed by atoms with Crippen molar-refractivity contribution in [2.75, 3.05) is 7.05 Å². The van der Waals surface area contributed by atoms with E-state index < -0.39 is 17.1 Å². The molecule has 6 heteroatoms. The maximum atomic E-state index is 11.6. The molecule has 0 aliphatic heterocycles. The fourth-order valence-corrected chi connectivity index (χ4v) is 2.70. The average Bonchev–Trinajstić information content (AvgIpc) is 2.48. The lowest BCUT2D eigenvalue weighted by molar-refractivity contribution is 0.0953. The summed E-state index contributed by atoms with van der Waals surface area (Å²) in [4.78, 5) is 23.2. The Balaban J connectivity index is 2.09. The molecule has 1 saturated carbocycles. The van der Waals surface area contributed by atoms with Crippen LogP contribution in [0.15, 0.2) is 11.0 Å². The number of carbonyl (C=O) groups is 1. The summed E-state index contributed by atoms with van der Waals surface area (Å²) in [5, 5.41) is 16.0. The van der Waals surface area contributed by atoms with Crippen molar-refractivity contribution in [3.05, 3.63) is 22.1 Å².